The number of nitrogens with two attached hydrogens (primary N) is 1. The van der Waals surface area contributed by atoms with Crippen LogP contribution in [0.15, 0.2) is 18.2 Å². The maximum atomic E-state index is 11.8. The van der Waals surface area contributed by atoms with Gasteiger partial charge in [0.15, 0.2) is 11.5 Å². The minimum atomic E-state index is -0.484. The molecule has 0 saturated carbocycles. The van der Waals surface area contributed by atoms with Gasteiger partial charge in [0, 0.05) is 11.8 Å². The number of benzene rings is 1. The Morgan fingerprint density at radius 1 is 1.35 bits per heavy atom. The van der Waals surface area contributed by atoms with Gasteiger partial charge in [0.1, 0.15) is 0 Å². The molecular formula is C14H23ClN2O3. The molecule has 20 heavy (non-hydrogen) atoms. The molecule has 0 fully saturated rings. The number of halogens is 1. The predicted octanol–water partition coefficient (Wildman–Crippen LogP) is 2.58. The fourth-order valence-corrected chi connectivity index (χ4v) is 1.70. The molecule has 1 rings (SSSR count). The van der Waals surface area contributed by atoms with E-state index in [9.17, 15) is 4.79 Å². The van der Waals surface area contributed by atoms with Crippen molar-refractivity contribution in [1.82, 2.24) is 0 Å². The molecule has 0 aliphatic rings. The van der Waals surface area contributed by atoms with Crippen LogP contribution in [0.25, 0.3) is 0 Å². The molecule has 114 valence electrons. The van der Waals surface area contributed by atoms with Gasteiger partial charge in [0.25, 0.3) is 0 Å². The summed E-state index contributed by atoms with van der Waals surface area (Å²) in [5, 5.41) is 2.78. The third-order valence-corrected chi connectivity index (χ3v) is 2.67. The lowest BCUT2D eigenvalue weighted by Gasteiger charge is -2.14. The quantitative estimate of drug-likeness (QED) is 0.812. The van der Waals surface area contributed by atoms with E-state index in [4.69, 9.17) is 15.2 Å². The second-order valence-electron chi connectivity index (χ2n) is 4.18. The average molecular weight is 303 g/mol. The zero-order valence-corrected chi connectivity index (χ0v) is 13.0. The number of hydrogen-bond donors (Lipinski definition) is 2. The van der Waals surface area contributed by atoms with Crippen molar-refractivity contribution in [3.63, 3.8) is 0 Å². The van der Waals surface area contributed by atoms with Crippen LogP contribution in [0, 0.1) is 0 Å². The molecule has 0 aliphatic heterocycles. The third kappa shape index (κ3) is 5.27. The van der Waals surface area contributed by atoms with Crippen LogP contribution in [0.5, 0.6) is 11.5 Å². The molecule has 1 atom stereocenters. The van der Waals surface area contributed by atoms with Crippen LogP contribution in [0.4, 0.5) is 5.69 Å². The van der Waals surface area contributed by atoms with Gasteiger partial charge in [-0.1, -0.05) is 13.3 Å². The predicted molar refractivity (Wildman–Crippen MR) is 82.9 cm³/mol. The van der Waals surface area contributed by atoms with Gasteiger partial charge in [-0.2, -0.15) is 0 Å². The Morgan fingerprint density at radius 2 is 2.05 bits per heavy atom. The summed E-state index contributed by atoms with van der Waals surface area (Å²) in [6.45, 7) is 4.42. The number of carbonyl (C=O) groups is 1. The van der Waals surface area contributed by atoms with Gasteiger partial charge in [0.2, 0.25) is 5.91 Å². The van der Waals surface area contributed by atoms with E-state index >= 15 is 0 Å². The molecular weight excluding hydrogens is 280 g/mol. The highest BCUT2D eigenvalue weighted by Gasteiger charge is 2.13. The number of ether oxygens (including phenoxy) is 2. The number of methoxy groups -OCH3 is 1. The first-order valence-corrected chi connectivity index (χ1v) is 6.49. The van der Waals surface area contributed by atoms with E-state index in [1.807, 2.05) is 13.8 Å². The van der Waals surface area contributed by atoms with Gasteiger partial charge >= 0.3 is 0 Å². The van der Waals surface area contributed by atoms with Crippen molar-refractivity contribution in [2.75, 3.05) is 19.0 Å². The fourth-order valence-electron chi connectivity index (χ4n) is 1.70. The summed E-state index contributed by atoms with van der Waals surface area (Å²) in [7, 11) is 1.58. The van der Waals surface area contributed by atoms with Gasteiger partial charge in [-0.3, -0.25) is 4.79 Å². The standard InChI is InChI=1S/C14H22N2O3.ClH/c1-4-6-11(15)14(17)16-10-7-8-12(18-3)13(9-10)19-5-2;/h7-9,11H,4-6,15H2,1-3H3,(H,16,17);1H. The Balaban J connectivity index is 0.00000361. The number of hydrogen-bond acceptors (Lipinski definition) is 4. The van der Waals surface area contributed by atoms with E-state index in [0.717, 1.165) is 6.42 Å². The average Bonchev–Trinajstić information content (AvgIpc) is 2.39. The summed E-state index contributed by atoms with van der Waals surface area (Å²) in [6, 6.07) is 4.77. The van der Waals surface area contributed by atoms with Crippen LogP contribution >= 0.6 is 12.4 Å². The summed E-state index contributed by atoms with van der Waals surface area (Å²) in [5.41, 5.74) is 6.41. The molecule has 1 aromatic rings. The molecule has 1 unspecified atom stereocenters. The molecule has 3 N–H and O–H groups in total. The van der Waals surface area contributed by atoms with Crippen LogP contribution in [0.2, 0.25) is 0 Å². The number of anilines is 1. The Hall–Kier alpha value is -1.46. The molecule has 1 aromatic carbocycles. The van der Waals surface area contributed by atoms with Crippen LogP contribution in [-0.2, 0) is 4.79 Å². The van der Waals surface area contributed by atoms with Crippen molar-refractivity contribution in [1.29, 1.82) is 0 Å². The van der Waals surface area contributed by atoms with E-state index in [1.165, 1.54) is 0 Å². The summed E-state index contributed by atoms with van der Waals surface area (Å²) >= 11 is 0. The third-order valence-electron chi connectivity index (χ3n) is 2.67. The van der Waals surface area contributed by atoms with Crippen molar-refractivity contribution >= 4 is 24.0 Å². The second-order valence-corrected chi connectivity index (χ2v) is 4.18. The Morgan fingerprint density at radius 3 is 2.60 bits per heavy atom. The van der Waals surface area contributed by atoms with Gasteiger partial charge in [0.05, 0.1) is 19.8 Å². The molecule has 0 bridgehead atoms. The van der Waals surface area contributed by atoms with Crippen LogP contribution < -0.4 is 20.5 Å². The van der Waals surface area contributed by atoms with Crippen molar-refractivity contribution in [3.05, 3.63) is 18.2 Å². The Labute approximate surface area is 126 Å². The molecule has 0 radical (unpaired) electrons. The lowest BCUT2D eigenvalue weighted by atomic mass is 10.1. The SMILES string of the molecule is CCCC(N)C(=O)Nc1ccc(OC)c(OCC)c1.Cl. The lowest BCUT2D eigenvalue weighted by Crippen LogP contribution is -2.35. The van der Waals surface area contributed by atoms with E-state index < -0.39 is 6.04 Å². The second kappa shape index (κ2) is 9.44. The minimum Gasteiger partial charge on any atom is -0.493 e. The zero-order chi connectivity index (χ0) is 14.3. The molecule has 1 amide bonds. The van der Waals surface area contributed by atoms with Gasteiger partial charge in [-0.25, -0.2) is 0 Å². The van der Waals surface area contributed by atoms with Crippen molar-refractivity contribution < 1.29 is 14.3 Å². The first-order chi connectivity index (χ1) is 9.12. The number of rotatable bonds is 7. The van der Waals surface area contributed by atoms with Gasteiger partial charge in [-0.15, -0.1) is 12.4 Å². The summed E-state index contributed by atoms with van der Waals surface area (Å²) in [5.74, 6) is 1.05. The number of amides is 1. The fraction of sp³-hybridized carbons (Fsp3) is 0.500. The number of nitrogens with one attached hydrogen (secondary N) is 1. The normalized spacial score (nSPS) is 11.2. The molecule has 5 nitrogen and oxygen atoms in total. The van der Waals surface area contributed by atoms with E-state index in [1.54, 1.807) is 25.3 Å². The monoisotopic (exact) mass is 302 g/mol. The topological polar surface area (TPSA) is 73.6 Å². The van der Waals surface area contributed by atoms with Crippen molar-refractivity contribution in [2.24, 2.45) is 5.73 Å². The van der Waals surface area contributed by atoms with E-state index in [0.29, 0.717) is 30.2 Å². The van der Waals surface area contributed by atoms with Crippen molar-refractivity contribution in [3.8, 4) is 11.5 Å². The molecule has 0 aromatic heterocycles. The van der Waals surface area contributed by atoms with Gasteiger partial charge < -0.3 is 20.5 Å². The van der Waals surface area contributed by atoms with Crippen LogP contribution in [0.1, 0.15) is 26.7 Å². The smallest absolute Gasteiger partial charge is 0.241 e. The Kier molecular flexibility index (Phi) is 8.76. The first kappa shape index (κ1) is 18.5. The zero-order valence-electron chi connectivity index (χ0n) is 12.1. The highest BCUT2D eigenvalue weighted by atomic mass is 35.5. The molecule has 0 saturated heterocycles. The largest absolute Gasteiger partial charge is 0.493 e. The first-order valence-electron chi connectivity index (χ1n) is 6.49. The van der Waals surface area contributed by atoms with E-state index in [-0.39, 0.29) is 18.3 Å². The van der Waals surface area contributed by atoms with Crippen LogP contribution in [0.3, 0.4) is 0 Å². The molecule has 6 heteroatoms. The lowest BCUT2D eigenvalue weighted by molar-refractivity contribution is -0.117. The van der Waals surface area contributed by atoms with Crippen molar-refractivity contribution in [2.45, 2.75) is 32.7 Å². The summed E-state index contributed by atoms with van der Waals surface area (Å²) in [4.78, 5) is 11.8. The maximum Gasteiger partial charge on any atom is 0.241 e. The highest BCUT2D eigenvalue weighted by Crippen LogP contribution is 2.30. The summed E-state index contributed by atoms with van der Waals surface area (Å²) in [6.07, 6.45) is 1.54. The molecule has 0 heterocycles. The molecule has 0 aliphatic carbocycles. The van der Waals surface area contributed by atoms with Crippen LogP contribution in [-0.4, -0.2) is 25.7 Å². The Bertz CT molecular complexity index is 427. The van der Waals surface area contributed by atoms with Gasteiger partial charge in [-0.05, 0) is 25.5 Å². The molecule has 0 spiro atoms. The number of carbonyl (C=O) groups excluding carboxylic acids is 1. The summed E-state index contributed by atoms with van der Waals surface area (Å²) < 4.78 is 10.6. The highest BCUT2D eigenvalue weighted by molar-refractivity contribution is 5.94. The maximum absolute atomic E-state index is 11.8. The minimum absolute atomic E-state index is 0. The van der Waals surface area contributed by atoms with E-state index in [2.05, 4.69) is 5.32 Å².